The molecule has 9 nitrogen and oxygen atoms in total. The van der Waals surface area contributed by atoms with Crippen molar-refractivity contribution < 1.29 is 28.7 Å². The van der Waals surface area contributed by atoms with Crippen molar-refractivity contribution in [3.63, 3.8) is 0 Å². The number of carbonyl (C=O) groups is 5. The Morgan fingerprint density at radius 3 is 2.27 bits per heavy atom. The number of esters is 1. The third-order valence-electron chi connectivity index (χ3n) is 4.17. The van der Waals surface area contributed by atoms with E-state index in [1.165, 1.54) is 0 Å². The third kappa shape index (κ3) is 4.90. The zero-order valence-corrected chi connectivity index (χ0v) is 14.8. The van der Waals surface area contributed by atoms with Crippen molar-refractivity contribution in [2.75, 3.05) is 19.7 Å². The lowest BCUT2D eigenvalue weighted by Gasteiger charge is -2.14. The first-order chi connectivity index (χ1) is 12.3. The zero-order chi connectivity index (χ0) is 19.3. The fourth-order valence-electron chi connectivity index (χ4n) is 2.85. The highest BCUT2D eigenvalue weighted by molar-refractivity contribution is 6.07. The summed E-state index contributed by atoms with van der Waals surface area (Å²) in [6.45, 7) is 3.00. The monoisotopic (exact) mass is 365 g/mol. The first-order valence-corrected chi connectivity index (χ1v) is 8.53. The van der Waals surface area contributed by atoms with Crippen molar-refractivity contribution in [3.05, 3.63) is 12.2 Å². The minimum absolute atomic E-state index is 0.225. The van der Waals surface area contributed by atoms with Crippen LogP contribution in [0.2, 0.25) is 0 Å². The number of nitrogens with one attached hydrogen (secondary N) is 2. The number of nitrogens with zero attached hydrogens (tertiary/aromatic N) is 1. The molecular formula is C17H23N3O6. The van der Waals surface area contributed by atoms with E-state index in [4.69, 9.17) is 4.74 Å². The van der Waals surface area contributed by atoms with Gasteiger partial charge in [-0.25, -0.2) is 4.79 Å². The normalized spacial score (nSPS) is 21.6. The Morgan fingerprint density at radius 2 is 1.73 bits per heavy atom. The number of carbonyl (C=O) groups excluding carboxylic acids is 5. The van der Waals surface area contributed by atoms with Crippen LogP contribution in [0.3, 0.4) is 0 Å². The predicted octanol–water partition coefficient (Wildman–Crippen LogP) is -0.0374. The topological polar surface area (TPSA) is 122 Å². The standard InChI is InChI=1S/C17H23N3O6/c1-10(2)7-18-17(25)19-13(21)9-26-14(22)8-20-15(23)11-5-3-4-6-12(11)16(20)24/h3-4,10-12H,5-9H2,1-2H3,(H2,18,19,21,25)/t11-,12-/m0/s1. The van der Waals surface area contributed by atoms with E-state index in [1.807, 2.05) is 31.3 Å². The van der Waals surface area contributed by atoms with Gasteiger partial charge >= 0.3 is 12.0 Å². The molecule has 0 aromatic heterocycles. The van der Waals surface area contributed by atoms with Crippen molar-refractivity contribution in [2.24, 2.45) is 17.8 Å². The van der Waals surface area contributed by atoms with Crippen molar-refractivity contribution in [3.8, 4) is 0 Å². The molecule has 0 radical (unpaired) electrons. The smallest absolute Gasteiger partial charge is 0.326 e. The maximum atomic E-state index is 12.2. The van der Waals surface area contributed by atoms with Gasteiger partial charge < -0.3 is 10.1 Å². The van der Waals surface area contributed by atoms with Gasteiger partial charge in [-0.05, 0) is 18.8 Å². The van der Waals surface area contributed by atoms with E-state index >= 15 is 0 Å². The molecule has 0 unspecified atom stereocenters. The average Bonchev–Trinajstić information content (AvgIpc) is 2.83. The average molecular weight is 365 g/mol. The number of fused-ring (bicyclic) bond motifs is 1. The second kappa shape index (κ2) is 8.59. The van der Waals surface area contributed by atoms with Gasteiger partial charge in [0, 0.05) is 6.54 Å². The van der Waals surface area contributed by atoms with Crippen LogP contribution in [0.4, 0.5) is 4.79 Å². The van der Waals surface area contributed by atoms with Gasteiger partial charge in [-0.3, -0.25) is 29.4 Å². The van der Waals surface area contributed by atoms with Crippen LogP contribution in [0, 0.1) is 17.8 Å². The van der Waals surface area contributed by atoms with Crippen molar-refractivity contribution in [1.29, 1.82) is 0 Å². The Balaban J connectivity index is 1.75. The molecule has 2 rings (SSSR count). The summed E-state index contributed by atoms with van der Waals surface area (Å²) in [6.07, 6.45) is 4.66. The van der Waals surface area contributed by atoms with E-state index in [9.17, 15) is 24.0 Å². The molecule has 2 aliphatic rings. The lowest BCUT2D eigenvalue weighted by atomic mass is 9.85. The molecular weight excluding hydrogens is 342 g/mol. The van der Waals surface area contributed by atoms with Gasteiger partial charge in [0.25, 0.3) is 5.91 Å². The maximum absolute atomic E-state index is 12.2. The minimum Gasteiger partial charge on any atom is -0.454 e. The molecule has 26 heavy (non-hydrogen) atoms. The van der Waals surface area contributed by atoms with Gasteiger partial charge in [0.1, 0.15) is 6.54 Å². The van der Waals surface area contributed by atoms with Gasteiger partial charge in [0.15, 0.2) is 6.61 Å². The molecule has 0 saturated carbocycles. The van der Waals surface area contributed by atoms with Crippen LogP contribution < -0.4 is 10.6 Å². The summed E-state index contributed by atoms with van der Waals surface area (Å²) in [7, 11) is 0. The minimum atomic E-state index is -0.879. The van der Waals surface area contributed by atoms with Crippen LogP contribution in [-0.4, -0.2) is 54.3 Å². The number of amides is 5. The van der Waals surface area contributed by atoms with Crippen molar-refractivity contribution >= 4 is 29.7 Å². The number of hydrogen-bond donors (Lipinski definition) is 2. The summed E-state index contributed by atoms with van der Waals surface area (Å²) < 4.78 is 4.75. The summed E-state index contributed by atoms with van der Waals surface area (Å²) in [5.41, 5.74) is 0. The van der Waals surface area contributed by atoms with Crippen LogP contribution in [0.25, 0.3) is 0 Å². The quantitative estimate of drug-likeness (QED) is 0.387. The largest absolute Gasteiger partial charge is 0.454 e. The fourth-order valence-corrected chi connectivity index (χ4v) is 2.85. The Bertz CT molecular complexity index is 616. The Kier molecular flexibility index (Phi) is 6.48. The highest BCUT2D eigenvalue weighted by Crippen LogP contribution is 2.34. The number of ether oxygens (including phenoxy) is 1. The lowest BCUT2D eigenvalue weighted by molar-refractivity contribution is -0.154. The number of urea groups is 1. The second-order valence-electron chi connectivity index (χ2n) is 6.73. The van der Waals surface area contributed by atoms with E-state index in [2.05, 4.69) is 5.32 Å². The molecule has 1 saturated heterocycles. The van der Waals surface area contributed by atoms with Crippen LogP contribution in [0.15, 0.2) is 12.2 Å². The molecule has 5 amide bonds. The van der Waals surface area contributed by atoms with E-state index < -0.39 is 42.9 Å². The highest BCUT2D eigenvalue weighted by atomic mass is 16.5. The van der Waals surface area contributed by atoms with Crippen LogP contribution in [0.5, 0.6) is 0 Å². The SMILES string of the molecule is CC(C)CNC(=O)NC(=O)COC(=O)CN1C(=O)[C@H]2CC=CC[C@@H]2C1=O. The summed E-state index contributed by atoms with van der Waals surface area (Å²) in [5, 5.41) is 4.51. The molecule has 2 N–H and O–H groups in total. The van der Waals surface area contributed by atoms with Crippen molar-refractivity contribution in [2.45, 2.75) is 26.7 Å². The zero-order valence-electron chi connectivity index (χ0n) is 14.8. The number of likely N-dealkylation sites (tertiary alicyclic amines) is 1. The molecule has 1 fully saturated rings. The van der Waals surface area contributed by atoms with Crippen molar-refractivity contribution in [1.82, 2.24) is 15.5 Å². The molecule has 0 aromatic rings. The maximum Gasteiger partial charge on any atom is 0.326 e. The van der Waals surface area contributed by atoms with E-state index in [-0.39, 0.29) is 17.7 Å². The Morgan fingerprint density at radius 1 is 1.15 bits per heavy atom. The lowest BCUT2D eigenvalue weighted by Crippen LogP contribution is -2.43. The fraction of sp³-hybridized carbons (Fsp3) is 0.588. The second-order valence-corrected chi connectivity index (χ2v) is 6.73. The summed E-state index contributed by atoms with van der Waals surface area (Å²) >= 11 is 0. The summed E-state index contributed by atoms with van der Waals surface area (Å²) in [5.74, 6) is -3.07. The molecule has 142 valence electrons. The molecule has 9 heteroatoms. The number of imide groups is 2. The number of allylic oxidation sites excluding steroid dienone is 2. The highest BCUT2D eigenvalue weighted by Gasteiger charge is 2.47. The molecule has 0 bridgehead atoms. The van der Waals surface area contributed by atoms with E-state index in [0.29, 0.717) is 19.4 Å². The van der Waals surface area contributed by atoms with E-state index in [1.54, 1.807) is 0 Å². The Hall–Kier alpha value is -2.71. The number of rotatable bonds is 6. The van der Waals surface area contributed by atoms with Gasteiger partial charge in [-0.2, -0.15) is 0 Å². The molecule has 0 aromatic carbocycles. The molecule has 1 aliphatic carbocycles. The first kappa shape index (κ1) is 19.6. The summed E-state index contributed by atoms with van der Waals surface area (Å²) in [4.78, 5) is 60.2. The summed E-state index contributed by atoms with van der Waals surface area (Å²) in [6, 6.07) is -0.679. The van der Waals surface area contributed by atoms with Crippen LogP contribution in [-0.2, 0) is 23.9 Å². The van der Waals surface area contributed by atoms with Gasteiger partial charge in [0.2, 0.25) is 11.8 Å². The molecule has 2 atom stereocenters. The Labute approximate surface area is 151 Å². The number of hydrogen-bond acceptors (Lipinski definition) is 6. The van der Waals surface area contributed by atoms with Crippen LogP contribution in [0.1, 0.15) is 26.7 Å². The van der Waals surface area contributed by atoms with Gasteiger partial charge in [-0.1, -0.05) is 26.0 Å². The van der Waals surface area contributed by atoms with E-state index in [0.717, 1.165) is 4.90 Å². The third-order valence-corrected chi connectivity index (χ3v) is 4.17. The van der Waals surface area contributed by atoms with Crippen LogP contribution >= 0.6 is 0 Å². The molecule has 1 heterocycles. The van der Waals surface area contributed by atoms with Gasteiger partial charge in [0.05, 0.1) is 11.8 Å². The molecule has 1 aliphatic heterocycles. The first-order valence-electron chi connectivity index (χ1n) is 8.53. The van der Waals surface area contributed by atoms with Gasteiger partial charge in [-0.15, -0.1) is 0 Å². The molecule has 0 spiro atoms. The predicted molar refractivity (Wildman–Crippen MR) is 89.4 cm³/mol.